The maximum absolute atomic E-state index is 5.88. The van der Waals surface area contributed by atoms with Crippen molar-refractivity contribution in [2.75, 3.05) is 0 Å². The van der Waals surface area contributed by atoms with Crippen molar-refractivity contribution in [2.45, 2.75) is 56.0 Å². The van der Waals surface area contributed by atoms with Crippen LogP contribution in [0.5, 0.6) is 0 Å². The van der Waals surface area contributed by atoms with Crippen LogP contribution in [0.3, 0.4) is 0 Å². The first kappa shape index (κ1) is 17.1. The van der Waals surface area contributed by atoms with E-state index in [0.717, 1.165) is 5.56 Å². The second-order valence-corrected chi connectivity index (χ2v) is 6.83. The molecule has 0 unspecified atom stereocenters. The van der Waals surface area contributed by atoms with Crippen LogP contribution >= 0.6 is 11.8 Å². The minimum Gasteiger partial charge on any atom is -0.346 e. The van der Waals surface area contributed by atoms with Crippen LogP contribution in [0, 0.1) is 0 Å². The summed E-state index contributed by atoms with van der Waals surface area (Å²) < 4.78 is 11.8. The SMILES string of the molecule is CC(C)OC(OC(C)C)c1ccc(Sc2ccccc2)cc1. The molecule has 0 saturated carbocycles. The normalized spacial score (nSPS) is 11.6. The van der Waals surface area contributed by atoms with E-state index in [1.54, 1.807) is 11.8 Å². The molecule has 0 spiro atoms. The van der Waals surface area contributed by atoms with Gasteiger partial charge in [-0.05, 0) is 52.0 Å². The zero-order chi connectivity index (χ0) is 15.9. The Hall–Kier alpha value is -1.29. The summed E-state index contributed by atoms with van der Waals surface area (Å²) in [5, 5.41) is 0. The van der Waals surface area contributed by atoms with Gasteiger partial charge >= 0.3 is 0 Å². The Bertz CT molecular complexity index is 539. The van der Waals surface area contributed by atoms with E-state index >= 15 is 0 Å². The van der Waals surface area contributed by atoms with Gasteiger partial charge in [0.05, 0.1) is 12.2 Å². The number of ether oxygens (including phenoxy) is 2. The van der Waals surface area contributed by atoms with Gasteiger partial charge in [-0.25, -0.2) is 0 Å². The summed E-state index contributed by atoms with van der Waals surface area (Å²) in [7, 11) is 0. The highest BCUT2D eigenvalue weighted by Gasteiger charge is 2.16. The highest BCUT2D eigenvalue weighted by molar-refractivity contribution is 7.99. The van der Waals surface area contributed by atoms with Gasteiger partial charge in [-0.1, -0.05) is 42.1 Å². The first-order chi connectivity index (χ1) is 10.5. The molecule has 0 aromatic heterocycles. The number of hydrogen-bond acceptors (Lipinski definition) is 3. The second kappa shape index (κ2) is 8.37. The first-order valence-electron chi connectivity index (χ1n) is 7.68. The van der Waals surface area contributed by atoms with Crippen molar-refractivity contribution in [2.24, 2.45) is 0 Å². The molecule has 0 aliphatic carbocycles. The lowest BCUT2D eigenvalue weighted by atomic mass is 10.2. The Morgan fingerprint density at radius 1 is 0.682 bits per heavy atom. The molecule has 2 aromatic rings. The summed E-state index contributed by atoms with van der Waals surface area (Å²) in [6.45, 7) is 8.10. The van der Waals surface area contributed by atoms with E-state index in [0.29, 0.717) is 0 Å². The van der Waals surface area contributed by atoms with E-state index in [9.17, 15) is 0 Å². The Labute approximate surface area is 137 Å². The fraction of sp³-hybridized carbons (Fsp3) is 0.368. The molecule has 0 amide bonds. The molecule has 2 nitrogen and oxygen atoms in total. The van der Waals surface area contributed by atoms with E-state index in [4.69, 9.17) is 9.47 Å². The van der Waals surface area contributed by atoms with Crippen molar-refractivity contribution >= 4 is 11.8 Å². The van der Waals surface area contributed by atoms with E-state index in [-0.39, 0.29) is 18.5 Å². The third-order valence-corrected chi connectivity index (χ3v) is 3.94. The summed E-state index contributed by atoms with van der Waals surface area (Å²) in [5.41, 5.74) is 1.06. The lowest BCUT2D eigenvalue weighted by molar-refractivity contribution is -0.185. The summed E-state index contributed by atoms with van der Waals surface area (Å²) >= 11 is 1.75. The van der Waals surface area contributed by atoms with Crippen LogP contribution in [0.2, 0.25) is 0 Å². The minimum atomic E-state index is -0.309. The van der Waals surface area contributed by atoms with Gasteiger partial charge in [0.1, 0.15) is 0 Å². The van der Waals surface area contributed by atoms with E-state index in [1.165, 1.54) is 9.79 Å². The quantitative estimate of drug-likeness (QED) is 0.612. The standard InChI is InChI=1S/C19H24O2S/c1-14(2)20-19(21-15(3)4)16-10-12-18(13-11-16)22-17-8-6-5-7-9-17/h5-15,19H,1-4H3. The Morgan fingerprint density at radius 3 is 1.68 bits per heavy atom. The Morgan fingerprint density at radius 2 is 1.18 bits per heavy atom. The monoisotopic (exact) mass is 316 g/mol. The van der Waals surface area contributed by atoms with Crippen LogP contribution in [0.15, 0.2) is 64.4 Å². The lowest BCUT2D eigenvalue weighted by Crippen LogP contribution is -2.17. The third-order valence-electron chi connectivity index (χ3n) is 2.92. The fourth-order valence-electron chi connectivity index (χ4n) is 2.00. The maximum Gasteiger partial charge on any atom is 0.184 e. The van der Waals surface area contributed by atoms with Crippen molar-refractivity contribution in [3.63, 3.8) is 0 Å². The van der Waals surface area contributed by atoms with Crippen molar-refractivity contribution in [1.82, 2.24) is 0 Å². The van der Waals surface area contributed by atoms with Crippen LogP contribution in [0.25, 0.3) is 0 Å². The van der Waals surface area contributed by atoms with Crippen molar-refractivity contribution in [1.29, 1.82) is 0 Å². The van der Waals surface area contributed by atoms with Gasteiger partial charge in [-0.2, -0.15) is 0 Å². The molecule has 0 aliphatic heterocycles. The van der Waals surface area contributed by atoms with E-state index < -0.39 is 0 Å². The smallest absolute Gasteiger partial charge is 0.184 e. The molecule has 0 saturated heterocycles. The molecule has 3 heteroatoms. The average molecular weight is 316 g/mol. The Kier molecular flexibility index (Phi) is 6.49. The molecule has 0 atom stereocenters. The first-order valence-corrected chi connectivity index (χ1v) is 8.50. The van der Waals surface area contributed by atoms with Gasteiger partial charge in [0.2, 0.25) is 0 Å². The molecule has 0 N–H and O–H groups in total. The highest BCUT2D eigenvalue weighted by Crippen LogP contribution is 2.30. The van der Waals surface area contributed by atoms with E-state index in [1.807, 2.05) is 33.8 Å². The van der Waals surface area contributed by atoms with Crippen LogP contribution in [-0.4, -0.2) is 12.2 Å². The lowest BCUT2D eigenvalue weighted by Gasteiger charge is -2.23. The topological polar surface area (TPSA) is 18.5 Å². The number of hydrogen-bond donors (Lipinski definition) is 0. The molecule has 2 aromatic carbocycles. The molecule has 0 aliphatic rings. The van der Waals surface area contributed by atoms with Gasteiger partial charge in [0, 0.05) is 15.4 Å². The molecule has 118 valence electrons. The molecule has 0 radical (unpaired) electrons. The molecular weight excluding hydrogens is 292 g/mol. The van der Waals surface area contributed by atoms with Gasteiger partial charge in [-0.15, -0.1) is 0 Å². The number of benzene rings is 2. The van der Waals surface area contributed by atoms with Gasteiger partial charge < -0.3 is 9.47 Å². The molecule has 0 bridgehead atoms. The van der Waals surface area contributed by atoms with E-state index in [2.05, 4.69) is 48.5 Å². The number of rotatable bonds is 7. The van der Waals surface area contributed by atoms with Crippen LogP contribution < -0.4 is 0 Å². The zero-order valence-electron chi connectivity index (χ0n) is 13.7. The Balaban J connectivity index is 2.08. The zero-order valence-corrected chi connectivity index (χ0v) is 14.5. The van der Waals surface area contributed by atoms with Crippen molar-refractivity contribution in [3.05, 3.63) is 60.2 Å². The molecule has 22 heavy (non-hydrogen) atoms. The van der Waals surface area contributed by atoms with Crippen molar-refractivity contribution in [3.8, 4) is 0 Å². The van der Waals surface area contributed by atoms with Gasteiger partial charge in [0.25, 0.3) is 0 Å². The minimum absolute atomic E-state index is 0.127. The van der Waals surface area contributed by atoms with Crippen molar-refractivity contribution < 1.29 is 9.47 Å². The second-order valence-electron chi connectivity index (χ2n) is 5.69. The van der Waals surface area contributed by atoms with Crippen LogP contribution in [-0.2, 0) is 9.47 Å². The fourth-order valence-corrected chi connectivity index (χ4v) is 2.84. The maximum atomic E-state index is 5.88. The van der Waals surface area contributed by atoms with Gasteiger partial charge in [-0.3, -0.25) is 0 Å². The predicted octanol–water partition coefficient (Wildman–Crippen LogP) is 5.69. The largest absolute Gasteiger partial charge is 0.346 e. The molecular formula is C19H24O2S. The summed E-state index contributed by atoms with van der Waals surface area (Å²) in [6.07, 6.45) is -0.0555. The van der Waals surface area contributed by atoms with Crippen LogP contribution in [0.4, 0.5) is 0 Å². The van der Waals surface area contributed by atoms with Gasteiger partial charge in [0.15, 0.2) is 6.29 Å². The third kappa shape index (κ3) is 5.48. The predicted molar refractivity (Wildman–Crippen MR) is 92.2 cm³/mol. The summed E-state index contributed by atoms with van der Waals surface area (Å²) in [6, 6.07) is 18.8. The van der Waals surface area contributed by atoms with Crippen LogP contribution in [0.1, 0.15) is 39.5 Å². The average Bonchev–Trinajstić information content (AvgIpc) is 2.47. The molecule has 0 heterocycles. The summed E-state index contributed by atoms with van der Waals surface area (Å²) in [4.78, 5) is 2.45. The molecule has 0 fully saturated rings. The summed E-state index contributed by atoms with van der Waals surface area (Å²) in [5.74, 6) is 0. The highest BCUT2D eigenvalue weighted by atomic mass is 32.2. The molecule has 2 rings (SSSR count).